The molecule has 170 valence electrons. The van der Waals surface area contributed by atoms with Crippen LogP contribution in [0.4, 0.5) is 8.78 Å². The quantitative estimate of drug-likeness (QED) is 0.590. The Balaban J connectivity index is 1.21. The van der Waals surface area contributed by atoms with E-state index >= 15 is 0 Å². The zero-order chi connectivity index (χ0) is 22.9. The summed E-state index contributed by atoms with van der Waals surface area (Å²) in [5, 5.41) is 5.81. The number of hydrogen-bond donors (Lipinski definition) is 2. The van der Waals surface area contributed by atoms with Crippen LogP contribution in [0.15, 0.2) is 42.5 Å². The van der Waals surface area contributed by atoms with Crippen LogP contribution in [0.2, 0.25) is 5.02 Å². The van der Waals surface area contributed by atoms with Gasteiger partial charge < -0.3 is 20.1 Å². The first-order chi connectivity index (χ1) is 15.2. The Morgan fingerprint density at radius 2 is 1.91 bits per heavy atom. The Morgan fingerprint density at radius 1 is 1.16 bits per heavy atom. The predicted octanol–water partition coefficient (Wildman–Crippen LogP) is 3.91. The molecule has 32 heavy (non-hydrogen) atoms. The Bertz CT molecular complexity index is 1030. The summed E-state index contributed by atoms with van der Waals surface area (Å²) >= 11 is 5.62. The van der Waals surface area contributed by atoms with Gasteiger partial charge in [-0.15, -0.1) is 0 Å². The van der Waals surface area contributed by atoms with Gasteiger partial charge in [-0.2, -0.15) is 0 Å². The number of nitrogens with one attached hydrogen (secondary N) is 2. The summed E-state index contributed by atoms with van der Waals surface area (Å²) in [7, 11) is 0. The third-order valence-corrected chi connectivity index (χ3v) is 6.13. The molecular weight excluding hydrogens is 442 g/mol. The first-order valence-electron chi connectivity index (χ1n) is 10.3. The smallest absolute Gasteiger partial charge is 0.258 e. The summed E-state index contributed by atoms with van der Waals surface area (Å²) in [5.74, 6) is -0.388. The van der Waals surface area contributed by atoms with E-state index in [9.17, 15) is 18.4 Å². The first kappa shape index (κ1) is 22.3. The lowest BCUT2D eigenvalue weighted by atomic mass is 9.39. The minimum absolute atomic E-state index is 0.0189. The van der Waals surface area contributed by atoms with Crippen LogP contribution >= 0.6 is 11.6 Å². The highest BCUT2D eigenvalue weighted by molar-refractivity contribution is 6.30. The molecule has 1 unspecified atom stereocenters. The van der Waals surface area contributed by atoms with Gasteiger partial charge in [0.15, 0.2) is 6.61 Å². The molecule has 0 radical (unpaired) electrons. The number of carbonyl (C=O) groups is 2. The fourth-order valence-corrected chi connectivity index (χ4v) is 4.61. The second kappa shape index (κ2) is 8.58. The van der Waals surface area contributed by atoms with Gasteiger partial charge in [-0.3, -0.25) is 9.59 Å². The van der Waals surface area contributed by atoms with Crippen molar-refractivity contribution >= 4 is 23.4 Å². The van der Waals surface area contributed by atoms with Gasteiger partial charge in [0.25, 0.3) is 5.91 Å². The van der Waals surface area contributed by atoms with E-state index in [0.717, 1.165) is 11.6 Å². The summed E-state index contributed by atoms with van der Waals surface area (Å²) in [5.41, 5.74) is -0.0369. The van der Waals surface area contributed by atoms with Crippen LogP contribution in [0, 0.1) is 11.2 Å². The number of carbonyl (C=O) groups excluding carboxylic acids is 2. The van der Waals surface area contributed by atoms with Crippen molar-refractivity contribution < 1.29 is 27.8 Å². The molecule has 0 aliphatic heterocycles. The van der Waals surface area contributed by atoms with Gasteiger partial charge >= 0.3 is 0 Å². The largest absolute Gasteiger partial charge is 0.484 e. The molecule has 5 rings (SSSR count). The molecule has 2 bridgehead atoms. The Kier molecular flexibility index (Phi) is 5.99. The molecule has 2 N–H and O–H groups in total. The molecular formula is C23H23ClF2N2O4. The summed E-state index contributed by atoms with van der Waals surface area (Å²) in [4.78, 5) is 24.8. The van der Waals surface area contributed by atoms with E-state index in [1.165, 1.54) is 19.1 Å². The van der Waals surface area contributed by atoms with Crippen LogP contribution in [0.1, 0.15) is 31.7 Å². The number of benzene rings is 2. The van der Waals surface area contributed by atoms with Crippen LogP contribution in [-0.4, -0.2) is 30.3 Å². The second-order valence-electron chi connectivity index (χ2n) is 8.49. The van der Waals surface area contributed by atoms with Crippen molar-refractivity contribution in [3.8, 4) is 11.5 Å². The zero-order valence-corrected chi connectivity index (χ0v) is 18.2. The molecule has 2 aromatic carbocycles. The normalized spacial score (nSPS) is 23.9. The van der Waals surface area contributed by atoms with E-state index in [-0.39, 0.29) is 34.7 Å². The van der Waals surface area contributed by atoms with Crippen LogP contribution in [0.5, 0.6) is 11.5 Å². The lowest BCUT2D eigenvalue weighted by molar-refractivity contribution is -0.184. The van der Waals surface area contributed by atoms with Crippen LogP contribution in [0.3, 0.4) is 0 Å². The lowest BCUT2D eigenvalue weighted by Gasteiger charge is -2.69. The number of amides is 2. The standard InChI is InChI=1S/C23H23ClF2N2O4/c1-14(25)32-17-4-2-3-15(7-17)9-27-21(30)22-11-23(12-22,13-22)28-20(29)10-31-16-5-6-18(24)19(26)8-16/h2-8,14H,9-13H2,1H3,(H,27,30)(H,28,29). The second-order valence-corrected chi connectivity index (χ2v) is 8.90. The molecule has 3 aliphatic carbocycles. The van der Waals surface area contributed by atoms with E-state index in [0.29, 0.717) is 31.6 Å². The molecule has 1 atom stereocenters. The Morgan fingerprint density at radius 3 is 2.59 bits per heavy atom. The summed E-state index contributed by atoms with van der Waals surface area (Å²) in [6, 6.07) is 10.9. The van der Waals surface area contributed by atoms with E-state index in [1.807, 2.05) is 6.07 Å². The molecule has 3 saturated carbocycles. The maximum atomic E-state index is 13.4. The van der Waals surface area contributed by atoms with Crippen molar-refractivity contribution in [1.82, 2.24) is 10.6 Å². The predicted molar refractivity (Wildman–Crippen MR) is 114 cm³/mol. The highest BCUT2D eigenvalue weighted by Crippen LogP contribution is 2.67. The summed E-state index contributed by atoms with van der Waals surface area (Å²) in [6.07, 6.45) is 0.283. The minimum atomic E-state index is -1.41. The van der Waals surface area contributed by atoms with Gasteiger partial charge in [-0.1, -0.05) is 23.7 Å². The molecule has 2 amide bonds. The third kappa shape index (κ3) is 4.65. The molecule has 6 nitrogen and oxygen atoms in total. The van der Waals surface area contributed by atoms with Crippen molar-refractivity contribution in [3.63, 3.8) is 0 Å². The highest BCUT2D eigenvalue weighted by atomic mass is 35.5. The molecule has 0 saturated heterocycles. The lowest BCUT2D eigenvalue weighted by Crippen LogP contribution is -2.78. The number of ether oxygens (including phenoxy) is 2. The number of alkyl halides is 1. The zero-order valence-electron chi connectivity index (χ0n) is 17.4. The van der Waals surface area contributed by atoms with Crippen molar-refractivity contribution in [2.24, 2.45) is 5.41 Å². The summed E-state index contributed by atoms with van der Waals surface area (Å²) < 4.78 is 36.8. The molecule has 3 fully saturated rings. The molecule has 0 spiro atoms. The average Bonchev–Trinajstić information content (AvgIpc) is 2.68. The monoisotopic (exact) mass is 464 g/mol. The molecule has 9 heteroatoms. The van der Waals surface area contributed by atoms with Crippen LogP contribution < -0.4 is 20.1 Å². The summed E-state index contributed by atoms with van der Waals surface area (Å²) in [6.45, 7) is 1.36. The van der Waals surface area contributed by atoms with E-state index in [2.05, 4.69) is 10.6 Å². The molecule has 0 aromatic heterocycles. The number of hydrogen-bond acceptors (Lipinski definition) is 4. The molecule has 2 aromatic rings. The highest BCUT2D eigenvalue weighted by Gasteiger charge is 2.72. The maximum absolute atomic E-state index is 13.4. The molecule has 0 heterocycles. The van der Waals surface area contributed by atoms with Gasteiger partial charge in [0, 0.05) is 25.1 Å². The average molecular weight is 465 g/mol. The van der Waals surface area contributed by atoms with Crippen molar-refractivity contribution in [1.29, 1.82) is 0 Å². The van der Waals surface area contributed by atoms with E-state index < -0.39 is 17.6 Å². The first-order valence-corrected chi connectivity index (χ1v) is 10.6. The Hall–Kier alpha value is -2.87. The molecule has 3 aliphatic rings. The van der Waals surface area contributed by atoms with Crippen LogP contribution in [0.25, 0.3) is 0 Å². The van der Waals surface area contributed by atoms with Gasteiger partial charge in [0.05, 0.1) is 10.4 Å². The topological polar surface area (TPSA) is 76.7 Å². The fourth-order valence-electron chi connectivity index (χ4n) is 4.49. The SMILES string of the molecule is CC(F)Oc1cccc(CNC(=O)C23CC(NC(=O)COc4ccc(Cl)c(F)c4)(C2)C3)c1. The Labute approximate surface area is 189 Å². The van der Waals surface area contributed by atoms with E-state index in [4.69, 9.17) is 21.1 Å². The number of rotatable bonds is 9. The van der Waals surface area contributed by atoms with Crippen LogP contribution in [-0.2, 0) is 16.1 Å². The van der Waals surface area contributed by atoms with Crippen molar-refractivity contribution in [2.75, 3.05) is 6.61 Å². The van der Waals surface area contributed by atoms with Crippen molar-refractivity contribution in [2.45, 2.75) is 44.6 Å². The van der Waals surface area contributed by atoms with Gasteiger partial charge in [-0.05, 0) is 49.1 Å². The minimum Gasteiger partial charge on any atom is -0.484 e. The van der Waals surface area contributed by atoms with Gasteiger partial charge in [0.1, 0.15) is 17.3 Å². The maximum Gasteiger partial charge on any atom is 0.258 e. The number of halogens is 3. The third-order valence-electron chi connectivity index (χ3n) is 5.83. The van der Waals surface area contributed by atoms with E-state index in [1.54, 1.807) is 18.2 Å². The van der Waals surface area contributed by atoms with Gasteiger partial charge in [0.2, 0.25) is 12.3 Å². The van der Waals surface area contributed by atoms with Crippen molar-refractivity contribution in [3.05, 3.63) is 58.9 Å². The van der Waals surface area contributed by atoms with Gasteiger partial charge in [-0.25, -0.2) is 8.78 Å². The fraction of sp³-hybridized carbons (Fsp3) is 0.391.